The largest absolute Gasteiger partial charge is 0.313 e. The topological polar surface area (TPSA) is 15.3 Å². The van der Waals surface area contributed by atoms with E-state index in [4.69, 9.17) is 11.6 Å². The van der Waals surface area contributed by atoms with Crippen LogP contribution in [0.3, 0.4) is 0 Å². The third-order valence-corrected chi connectivity index (χ3v) is 2.60. The average molecular weight is 203 g/mol. The van der Waals surface area contributed by atoms with Crippen LogP contribution in [0.2, 0.25) is 0 Å². The van der Waals surface area contributed by atoms with Gasteiger partial charge in [0.25, 0.3) is 0 Å². The Morgan fingerprint density at radius 3 is 2.92 bits per heavy atom. The van der Waals surface area contributed by atoms with Gasteiger partial charge >= 0.3 is 0 Å². The Labute approximate surface area is 85.9 Å². The van der Waals surface area contributed by atoms with Gasteiger partial charge in [-0.05, 0) is 25.9 Å². The first-order chi connectivity index (χ1) is 6.22. The van der Waals surface area contributed by atoms with Gasteiger partial charge < -0.3 is 5.32 Å². The summed E-state index contributed by atoms with van der Waals surface area (Å²) in [5.41, 5.74) is 0. The molecule has 0 bridgehead atoms. The molecule has 2 nitrogen and oxygen atoms in total. The fourth-order valence-corrected chi connectivity index (χ4v) is 1.94. The Morgan fingerprint density at radius 2 is 2.46 bits per heavy atom. The molecule has 0 radical (unpaired) electrons. The minimum atomic E-state index is 0.663. The van der Waals surface area contributed by atoms with Crippen molar-refractivity contribution in [3.05, 3.63) is 11.6 Å². The molecule has 1 unspecified atom stereocenters. The Kier molecular flexibility index (Phi) is 4.78. The van der Waals surface area contributed by atoms with E-state index < -0.39 is 0 Å². The van der Waals surface area contributed by atoms with Crippen molar-refractivity contribution >= 4 is 11.6 Å². The fourth-order valence-electron chi connectivity index (χ4n) is 1.77. The Balaban J connectivity index is 2.25. The van der Waals surface area contributed by atoms with Crippen molar-refractivity contribution in [2.24, 2.45) is 0 Å². The maximum atomic E-state index is 5.78. The normalized spacial score (nSPS) is 22.5. The summed E-state index contributed by atoms with van der Waals surface area (Å²) in [5, 5.41) is 4.22. The molecule has 1 aliphatic rings. The van der Waals surface area contributed by atoms with Gasteiger partial charge in [0.1, 0.15) is 0 Å². The van der Waals surface area contributed by atoms with Crippen LogP contribution in [0.4, 0.5) is 0 Å². The molecule has 0 spiro atoms. The predicted molar refractivity (Wildman–Crippen MR) is 58.1 cm³/mol. The smallest absolute Gasteiger partial charge is 0.0336 e. The van der Waals surface area contributed by atoms with Crippen LogP contribution in [0, 0.1) is 0 Å². The van der Waals surface area contributed by atoms with Gasteiger partial charge in [0.15, 0.2) is 0 Å². The zero-order valence-corrected chi connectivity index (χ0v) is 9.11. The molecule has 76 valence electrons. The number of hydrogen-bond donors (Lipinski definition) is 1. The zero-order valence-electron chi connectivity index (χ0n) is 8.35. The maximum Gasteiger partial charge on any atom is 0.0336 e. The Morgan fingerprint density at radius 1 is 1.69 bits per heavy atom. The second-order valence-corrected chi connectivity index (χ2v) is 4.17. The molecule has 1 heterocycles. The summed E-state index contributed by atoms with van der Waals surface area (Å²) in [5.74, 6) is 0. The van der Waals surface area contributed by atoms with E-state index >= 15 is 0 Å². The van der Waals surface area contributed by atoms with E-state index in [1.807, 2.05) is 0 Å². The molecule has 1 N–H and O–H groups in total. The second kappa shape index (κ2) is 5.63. The van der Waals surface area contributed by atoms with Gasteiger partial charge in [0.05, 0.1) is 0 Å². The van der Waals surface area contributed by atoms with Crippen molar-refractivity contribution in [3.8, 4) is 0 Å². The van der Waals surface area contributed by atoms with Crippen molar-refractivity contribution in [1.82, 2.24) is 10.2 Å². The Bertz CT molecular complexity index is 164. The van der Waals surface area contributed by atoms with E-state index in [-0.39, 0.29) is 0 Å². The third-order valence-electron chi connectivity index (χ3n) is 2.48. The van der Waals surface area contributed by atoms with Gasteiger partial charge in [-0.2, -0.15) is 0 Å². The first-order valence-electron chi connectivity index (χ1n) is 5.01. The molecule has 0 saturated carbocycles. The zero-order chi connectivity index (χ0) is 9.68. The molecule has 3 heteroatoms. The van der Waals surface area contributed by atoms with Crippen LogP contribution in [-0.4, -0.2) is 37.1 Å². The number of halogens is 1. The molecule has 0 aromatic rings. The van der Waals surface area contributed by atoms with Gasteiger partial charge in [-0.1, -0.05) is 25.1 Å². The van der Waals surface area contributed by atoms with Crippen LogP contribution in [0.25, 0.3) is 0 Å². The van der Waals surface area contributed by atoms with Gasteiger partial charge in [0, 0.05) is 24.2 Å². The minimum absolute atomic E-state index is 0.663. The van der Waals surface area contributed by atoms with E-state index in [1.165, 1.54) is 19.4 Å². The van der Waals surface area contributed by atoms with Crippen molar-refractivity contribution in [3.63, 3.8) is 0 Å². The quantitative estimate of drug-likeness (QED) is 0.732. The standard InChI is InChI=1S/C10H19ClN2/c1-3-13(7-9(2)11)8-10-5-4-6-12-10/h10,12H,2-8H2,1H3. The summed E-state index contributed by atoms with van der Waals surface area (Å²) in [6, 6.07) is 0.663. The van der Waals surface area contributed by atoms with Crippen LogP contribution >= 0.6 is 11.6 Å². The van der Waals surface area contributed by atoms with Gasteiger partial charge in [-0.3, -0.25) is 4.90 Å². The molecule has 0 amide bonds. The number of nitrogens with one attached hydrogen (secondary N) is 1. The summed E-state index contributed by atoms with van der Waals surface area (Å²) in [7, 11) is 0. The minimum Gasteiger partial charge on any atom is -0.313 e. The highest BCUT2D eigenvalue weighted by Gasteiger charge is 2.16. The molecule has 1 fully saturated rings. The summed E-state index contributed by atoms with van der Waals surface area (Å²) >= 11 is 5.78. The number of likely N-dealkylation sites (N-methyl/N-ethyl adjacent to an activating group) is 1. The van der Waals surface area contributed by atoms with E-state index in [9.17, 15) is 0 Å². The van der Waals surface area contributed by atoms with Gasteiger partial charge in [0.2, 0.25) is 0 Å². The molecule has 1 atom stereocenters. The maximum absolute atomic E-state index is 5.78. The summed E-state index contributed by atoms with van der Waals surface area (Å²) in [4.78, 5) is 2.33. The SMILES string of the molecule is C=C(Cl)CN(CC)CC1CCCN1. The summed E-state index contributed by atoms with van der Waals surface area (Å²) in [6.07, 6.45) is 2.61. The number of nitrogens with zero attached hydrogens (tertiary/aromatic N) is 1. The van der Waals surface area contributed by atoms with Crippen LogP contribution in [0.5, 0.6) is 0 Å². The molecule has 0 aliphatic carbocycles. The third kappa shape index (κ3) is 4.12. The highest BCUT2D eigenvalue weighted by Crippen LogP contribution is 2.08. The molecule has 1 rings (SSSR count). The molecular weight excluding hydrogens is 184 g/mol. The van der Waals surface area contributed by atoms with Gasteiger partial charge in [-0.25, -0.2) is 0 Å². The Hall–Kier alpha value is -0.0500. The molecule has 0 aromatic carbocycles. The number of hydrogen-bond acceptors (Lipinski definition) is 2. The highest BCUT2D eigenvalue weighted by atomic mass is 35.5. The predicted octanol–water partition coefficient (Wildman–Crippen LogP) is 1.81. The van der Waals surface area contributed by atoms with Crippen LogP contribution in [0.15, 0.2) is 11.6 Å². The lowest BCUT2D eigenvalue weighted by molar-refractivity contribution is 0.285. The van der Waals surface area contributed by atoms with Crippen molar-refractivity contribution in [2.45, 2.75) is 25.8 Å². The lowest BCUT2D eigenvalue weighted by Gasteiger charge is -2.23. The molecular formula is C10H19ClN2. The fraction of sp³-hybridized carbons (Fsp3) is 0.800. The van der Waals surface area contributed by atoms with Crippen molar-refractivity contribution in [2.75, 3.05) is 26.2 Å². The lowest BCUT2D eigenvalue weighted by Crippen LogP contribution is -2.37. The van der Waals surface area contributed by atoms with E-state index in [0.717, 1.165) is 24.7 Å². The van der Waals surface area contributed by atoms with Crippen LogP contribution in [0.1, 0.15) is 19.8 Å². The molecule has 1 aliphatic heterocycles. The lowest BCUT2D eigenvalue weighted by atomic mass is 10.2. The second-order valence-electron chi connectivity index (χ2n) is 3.64. The van der Waals surface area contributed by atoms with E-state index in [1.54, 1.807) is 0 Å². The van der Waals surface area contributed by atoms with Crippen molar-refractivity contribution in [1.29, 1.82) is 0 Å². The summed E-state index contributed by atoms with van der Waals surface area (Å²) < 4.78 is 0. The first-order valence-corrected chi connectivity index (χ1v) is 5.39. The monoisotopic (exact) mass is 202 g/mol. The number of rotatable bonds is 5. The van der Waals surface area contributed by atoms with Gasteiger partial charge in [-0.15, -0.1) is 0 Å². The van der Waals surface area contributed by atoms with E-state index in [0.29, 0.717) is 6.04 Å². The van der Waals surface area contributed by atoms with E-state index in [2.05, 4.69) is 23.7 Å². The summed E-state index contributed by atoms with van der Waals surface area (Å²) in [6.45, 7) is 10.0. The highest BCUT2D eigenvalue weighted by molar-refractivity contribution is 6.29. The van der Waals surface area contributed by atoms with Crippen molar-refractivity contribution < 1.29 is 0 Å². The molecule has 1 saturated heterocycles. The average Bonchev–Trinajstić information content (AvgIpc) is 2.55. The van der Waals surface area contributed by atoms with Crippen LogP contribution in [-0.2, 0) is 0 Å². The first kappa shape index (κ1) is 11.0. The molecule has 0 aromatic heterocycles. The molecule has 13 heavy (non-hydrogen) atoms. The van der Waals surface area contributed by atoms with Crippen LogP contribution < -0.4 is 5.32 Å².